The molecule has 0 aliphatic carbocycles. The molecule has 0 fully saturated rings. The first-order chi connectivity index (χ1) is 14.1. The fourth-order valence-electron chi connectivity index (χ4n) is 3.45. The first-order valence-electron chi connectivity index (χ1n) is 9.55. The van der Waals surface area contributed by atoms with Crippen molar-refractivity contribution in [3.8, 4) is 11.4 Å². The molecule has 6 heteroatoms. The summed E-state index contributed by atoms with van der Waals surface area (Å²) in [5.74, 6) is 0.578. The van der Waals surface area contributed by atoms with E-state index in [1.165, 1.54) is 0 Å². The average Bonchev–Trinajstić information content (AvgIpc) is 3.08. The van der Waals surface area contributed by atoms with E-state index in [1.807, 2.05) is 55.5 Å². The number of H-pyrrole nitrogens is 1. The lowest BCUT2D eigenvalue weighted by Gasteiger charge is -2.08. The molecule has 5 nitrogen and oxygen atoms in total. The van der Waals surface area contributed by atoms with E-state index in [-0.39, 0.29) is 5.91 Å². The number of rotatable bonds is 6. The Kier molecular flexibility index (Phi) is 5.58. The van der Waals surface area contributed by atoms with Crippen LogP contribution in [0.4, 0.5) is 5.82 Å². The van der Waals surface area contributed by atoms with Gasteiger partial charge in [0.15, 0.2) is 0 Å². The van der Waals surface area contributed by atoms with Crippen LogP contribution in [-0.4, -0.2) is 20.9 Å². The lowest BCUT2D eigenvalue weighted by atomic mass is 10.0. The Morgan fingerprint density at radius 2 is 1.97 bits per heavy atom. The summed E-state index contributed by atoms with van der Waals surface area (Å²) in [6.07, 6.45) is 5.31. The molecule has 0 saturated heterocycles. The van der Waals surface area contributed by atoms with Gasteiger partial charge in [-0.25, -0.2) is 4.98 Å². The van der Waals surface area contributed by atoms with Crippen molar-refractivity contribution in [1.29, 1.82) is 0 Å². The first-order valence-corrected chi connectivity index (χ1v) is 9.92. The molecule has 0 saturated carbocycles. The van der Waals surface area contributed by atoms with Crippen LogP contribution in [0.5, 0.6) is 0 Å². The van der Waals surface area contributed by atoms with E-state index in [2.05, 4.69) is 20.3 Å². The molecular weight excluding hydrogens is 384 g/mol. The number of anilines is 1. The van der Waals surface area contributed by atoms with Crippen LogP contribution in [0, 0.1) is 6.92 Å². The van der Waals surface area contributed by atoms with Gasteiger partial charge in [-0.3, -0.25) is 9.78 Å². The maximum absolute atomic E-state index is 12.4. The molecule has 0 radical (unpaired) electrons. The normalized spacial score (nSPS) is 11.0. The topological polar surface area (TPSA) is 70.7 Å². The fraction of sp³-hybridized carbons (Fsp3) is 0.174. The fourth-order valence-corrected chi connectivity index (χ4v) is 3.62. The number of aromatic nitrogens is 3. The molecule has 4 rings (SSSR count). The first kappa shape index (κ1) is 19.2. The summed E-state index contributed by atoms with van der Waals surface area (Å²) in [4.78, 5) is 24.5. The summed E-state index contributed by atoms with van der Waals surface area (Å²) in [6, 6.07) is 15.4. The SMILES string of the molecule is Cc1cccnc1NC(=O)CCCc1c(-c2ccccn2)[nH]c2ccc(Cl)cc12. The molecule has 0 atom stereocenters. The number of carbonyl (C=O) groups is 1. The smallest absolute Gasteiger partial charge is 0.225 e. The van der Waals surface area contributed by atoms with Crippen LogP contribution in [0.15, 0.2) is 60.9 Å². The van der Waals surface area contributed by atoms with Gasteiger partial charge in [0.05, 0.1) is 11.4 Å². The summed E-state index contributed by atoms with van der Waals surface area (Å²) in [5.41, 5.74) is 4.94. The van der Waals surface area contributed by atoms with Gasteiger partial charge in [0.25, 0.3) is 0 Å². The lowest BCUT2D eigenvalue weighted by Crippen LogP contribution is -2.13. The zero-order valence-corrected chi connectivity index (χ0v) is 16.8. The standard InChI is InChI=1S/C23H21ClN4O/c1-15-6-5-13-26-23(15)28-21(29)9-4-7-17-18-14-16(24)10-11-19(18)27-22(17)20-8-2-3-12-25-20/h2-3,5-6,8,10-14,27H,4,7,9H2,1H3,(H,26,28,29). The Morgan fingerprint density at radius 3 is 2.76 bits per heavy atom. The number of aryl methyl sites for hydroxylation is 2. The van der Waals surface area contributed by atoms with Gasteiger partial charge in [0.1, 0.15) is 5.82 Å². The third-order valence-corrected chi connectivity index (χ3v) is 5.12. The molecule has 1 aromatic carbocycles. The third-order valence-electron chi connectivity index (χ3n) is 4.89. The second-order valence-corrected chi connectivity index (χ2v) is 7.39. The van der Waals surface area contributed by atoms with Crippen LogP contribution in [-0.2, 0) is 11.2 Å². The van der Waals surface area contributed by atoms with Crippen molar-refractivity contribution < 1.29 is 4.79 Å². The van der Waals surface area contributed by atoms with Gasteiger partial charge in [0, 0.05) is 34.7 Å². The van der Waals surface area contributed by atoms with E-state index < -0.39 is 0 Å². The van der Waals surface area contributed by atoms with Crippen LogP contribution < -0.4 is 5.32 Å². The summed E-state index contributed by atoms with van der Waals surface area (Å²) in [5, 5.41) is 4.65. The van der Waals surface area contributed by atoms with Gasteiger partial charge in [-0.1, -0.05) is 23.7 Å². The Labute approximate surface area is 174 Å². The molecule has 0 aliphatic rings. The van der Waals surface area contributed by atoms with Crippen molar-refractivity contribution >= 4 is 34.2 Å². The van der Waals surface area contributed by atoms with Gasteiger partial charge >= 0.3 is 0 Å². The largest absolute Gasteiger partial charge is 0.353 e. The predicted octanol–water partition coefficient (Wildman–Crippen LogP) is 5.55. The van der Waals surface area contributed by atoms with E-state index in [9.17, 15) is 4.79 Å². The monoisotopic (exact) mass is 404 g/mol. The Bertz CT molecular complexity index is 1150. The zero-order chi connectivity index (χ0) is 20.2. The van der Waals surface area contributed by atoms with Crippen LogP contribution in [0.25, 0.3) is 22.3 Å². The van der Waals surface area contributed by atoms with Gasteiger partial charge in [-0.05, 0) is 67.3 Å². The molecule has 4 aromatic rings. The van der Waals surface area contributed by atoms with Gasteiger partial charge in [-0.2, -0.15) is 0 Å². The molecular formula is C23H21ClN4O. The minimum Gasteiger partial charge on any atom is -0.353 e. The molecule has 146 valence electrons. The number of nitrogens with zero attached hydrogens (tertiary/aromatic N) is 2. The molecule has 0 unspecified atom stereocenters. The molecule has 3 heterocycles. The average molecular weight is 405 g/mol. The summed E-state index contributed by atoms with van der Waals surface area (Å²) in [6.45, 7) is 1.93. The Balaban J connectivity index is 1.53. The minimum absolute atomic E-state index is 0.0379. The maximum atomic E-state index is 12.4. The van der Waals surface area contributed by atoms with Crippen molar-refractivity contribution in [2.24, 2.45) is 0 Å². The van der Waals surface area contributed by atoms with Crippen molar-refractivity contribution in [2.45, 2.75) is 26.2 Å². The number of halogens is 1. The summed E-state index contributed by atoms with van der Waals surface area (Å²) in [7, 11) is 0. The van der Waals surface area contributed by atoms with E-state index in [1.54, 1.807) is 12.4 Å². The number of hydrogen-bond acceptors (Lipinski definition) is 3. The predicted molar refractivity (Wildman–Crippen MR) is 117 cm³/mol. The number of carbonyl (C=O) groups excluding carboxylic acids is 1. The molecule has 1 amide bonds. The number of nitrogens with one attached hydrogen (secondary N) is 2. The van der Waals surface area contributed by atoms with Crippen LogP contribution in [0.2, 0.25) is 5.02 Å². The maximum Gasteiger partial charge on any atom is 0.225 e. The van der Waals surface area contributed by atoms with Crippen molar-refractivity contribution in [2.75, 3.05) is 5.32 Å². The van der Waals surface area contributed by atoms with Crippen LogP contribution >= 0.6 is 11.6 Å². The van der Waals surface area contributed by atoms with E-state index >= 15 is 0 Å². The number of amides is 1. The van der Waals surface area contributed by atoms with E-state index in [4.69, 9.17) is 11.6 Å². The third kappa shape index (κ3) is 4.30. The van der Waals surface area contributed by atoms with Gasteiger partial charge in [0.2, 0.25) is 5.91 Å². The van der Waals surface area contributed by atoms with Crippen LogP contribution in [0.3, 0.4) is 0 Å². The van der Waals surface area contributed by atoms with E-state index in [0.717, 1.165) is 39.8 Å². The second kappa shape index (κ2) is 8.45. The lowest BCUT2D eigenvalue weighted by molar-refractivity contribution is -0.116. The van der Waals surface area contributed by atoms with Crippen LogP contribution in [0.1, 0.15) is 24.0 Å². The highest BCUT2D eigenvalue weighted by Crippen LogP contribution is 2.32. The number of benzene rings is 1. The number of hydrogen-bond donors (Lipinski definition) is 2. The Morgan fingerprint density at radius 1 is 1.10 bits per heavy atom. The summed E-state index contributed by atoms with van der Waals surface area (Å²) < 4.78 is 0. The Hall–Kier alpha value is -3.18. The van der Waals surface area contributed by atoms with Crippen molar-refractivity contribution in [3.63, 3.8) is 0 Å². The summed E-state index contributed by atoms with van der Waals surface area (Å²) >= 11 is 6.23. The minimum atomic E-state index is -0.0379. The molecule has 0 bridgehead atoms. The highest BCUT2D eigenvalue weighted by molar-refractivity contribution is 6.31. The number of pyridine rings is 2. The molecule has 0 aliphatic heterocycles. The second-order valence-electron chi connectivity index (χ2n) is 6.95. The molecule has 2 N–H and O–H groups in total. The quantitative estimate of drug-likeness (QED) is 0.442. The molecule has 0 spiro atoms. The van der Waals surface area contributed by atoms with Crippen molar-refractivity contribution in [3.05, 3.63) is 77.1 Å². The molecule has 3 aromatic heterocycles. The highest BCUT2D eigenvalue weighted by Gasteiger charge is 2.15. The van der Waals surface area contributed by atoms with Crippen molar-refractivity contribution in [1.82, 2.24) is 15.0 Å². The number of aromatic amines is 1. The van der Waals surface area contributed by atoms with Gasteiger partial charge in [-0.15, -0.1) is 0 Å². The van der Waals surface area contributed by atoms with E-state index in [0.29, 0.717) is 23.7 Å². The van der Waals surface area contributed by atoms with Gasteiger partial charge < -0.3 is 10.3 Å². The highest BCUT2D eigenvalue weighted by atomic mass is 35.5. The zero-order valence-electron chi connectivity index (χ0n) is 16.1. The number of fused-ring (bicyclic) bond motifs is 1. The molecule has 29 heavy (non-hydrogen) atoms.